The number of hydrogen-bond acceptors (Lipinski definition) is 5. The van der Waals surface area contributed by atoms with Gasteiger partial charge >= 0.3 is 0 Å². The number of rotatable bonds is 1. The molecule has 21 heavy (non-hydrogen) atoms. The van der Waals surface area contributed by atoms with E-state index in [4.69, 9.17) is 4.74 Å². The molecule has 114 valence electrons. The molecule has 0 bridgehead atoms. The summed E-state index contributed by atoms with van der Waals surface area (Å²) in [5, 5.41) is 1.32. The van der Waals surface area contributed by atoms with E-state index in [0.717, 1.165) is 38.0 Å². The zero-order valence-corrected chi connectivity index (χ0v) is 13.8. The van der Waals surface area contributed by atoms with Gasteiger partial charge in [0, 0.05) is 18.0 Å². The van der Waals surface area contributed by atoms with Crippen molar-refractivity contribution in [3.05, 3.63) is 16.8 Å². The third-order valence-corrected chi connectivity index (χ3v) is 5.54. The number of nitrogens with zero attached hydrogens (tertiary/aromatic N) is 3. The predicted octanol–water partition coefficient (Wildman–Crippen LogP) is 3.07. The molecule has 0 amide bonds. The molecule has 2 aromatic rings. The van der Waals surface area contributed by atoms with Gasteiger partial charge in [-0.15, -0.1) is 23.7 Å². The first-order valence-corrected chi connectivity index (χ1v) is 8.22. The van der Waals surface area contributed by atoms with Crippen molar-refractivity contribution >= 4 is 39.8 Å². The summed E-state index contributed by atoms with van der Waals surface area (Å²) in [6, 6.07) is 0. The zero-order valence-electron chi connectivity index (χ0n) is 12.2. The molecule has 0 saturated carbocycles. The molecule has 6 heteroatoms. The maximum atomic E-state index is 5.46. The van der Waals surface area contributed by atoms with Gasteiger partial charge in [-0.3, -0.25) is 0 Å². The molecule has 1 saturated heterocycles. The van der Waals surface area contributed by atoms with E-state index in [9.17, 15) is 0 Å². The Balaban J connectivity index is 0.00000132. The fourth-order valence-electron chi connectivity index (χ4n) is 3.27. The largest absolute Gasteiger partial charge is 0.378 e. The number of aromatic nitrogens is 2. The standard InChI is InChI=1S/C15H19N3OS.ClH/c1-10-2-3-11-12(8-10)20-15-13(11)14(16-9-17-15)18-4-6-19-7-5-18;/h9-10H,2-8H2,1H3;1H. The highest BCUT2D eigenvalue weighted by atomic mass is 35.5. The maximum Gasteiger partial charge on any atom is 0.141 e. The van der Waals surface area contributed by atoms with Crippen LogP contribution >= 0.6 is 23.7 Å². The summed E-state index contributed by atoms with van der Waals surface area (Å²) in [4.78, 5) is 14.2. The predicted molar refractivity (Wildman–Crippen MR) is 88.9 cm³/mol. The molecule has 2 aromatic heterocycles. The number of ether oxygens (including phenoxy) is 1. The summed E-state index contributed by atoms with van der Waals surface area (Å²) in [6.45, 7) is 5.83. The van der Waals surface area contributed by atoms with E-state index in [-0.39, 0.29) is 12.4 Å². The van der Waals surface area contributed by atoms with Gasteiger partial charge in [0.25, 0.3) is 0 Å². The van der Waals surface area contributed by atoms with Crippen molar-refractivity contribution in [3.8, 4) is 0 Å². The van der Waals surface area contributed by atoms with Gasteiger partial charge in [0.2, 0.25) is 0 Å². The molecule has 0 aromatic carbocycles. The highest BCUT2D eigenvalue weighted by molar-refractivity contribution is 7.19. The van der Waals surface area contributed by atoms with Gasteiger partial charge in [0.15, 0.2) is 0 Å². The first-order chi connectivity index (χ1) is 9.83. The zero-order chi connectivity index (χ0) is 13.5. The first kappa shape index (κ1) is 15.0. The highest BCUT2D eigenvalue weighted by Gasteiger charge is 2.25. The molecule has 3 heterocycles. The molecule has 2 aliphatic rings. The van der Waals surface area contributed by atoms with E-state index >= 15 is 0 Å². The van der Waals surface area contributed by atoms with Gasteiger partial charge in [0.05, 0.1) is 18.6 Å². The maximum absolute atomic E-state index is 5.46. The van der Waals surface area contributed by atoms with Crippen molar-refractivity contribution in [2.24, 2.45) is 5.92 Å². The van der Waals surface area contributed by atoms with Gasteiger partial charge in [-0.2, -0.15) is 0 Å². The topological polar surface area (TPSA) is 38.2 Å². The summed E-state index contributed by atoms with van der Waals surface area (Å²) in [7, 11) is 0. The fraction of sp³-hybridized carbons (Fsp3) is 0.600. The molecule has 0 N–H and O–H groups in total. The van der Waals surface area contributed by atoms with Crippen LogP contribution in [0.3, 0.4) is 0 Å². The van der Waals surface area contributed by atoms with Crippen LogP contribution in [0.4, 0.5) is 5.82 Å². The molecule has 4 rings (SSSR count). The lowest BCUT2D eigenvalue weighted by molar-refractivity contribution is 0.122. The molecule has 4 nitrogen and oxygen atoms in total. The highest BCUT2D eigenvalue weighted by Crippen LogP contribution is 2.40. The van der Waals surface area contributed by atoms with E-state index in [0.29, 0.717) is 0 Å². The number of fused-ring (bicyclic) bond motifs is 3. The van der Waals surface area contributed by atoms with Crippen molar-refractivity contribution in [2.45, 2.75) is 26.2 Å². The quantitative estimate of drug-likeness (QED) is 0.807. The molecule has 1 aliphatic carbocycles. The summed E-state index contributed by atoms with van der Waals surface area (Å²) in [5.74, 6) is 1.93. The molecule has 1 unspecified atom stereocenters. The van der Waals surface area contributed by atoms with Crippen LogP contribution in [0, 0.1) is 5.92 Å². The van der Waals surface area contributed by atoms with Crippen molar-refractivity contribution in [1.82, 2.24) is 9.97 Å². The van der Waals surface area contributed by atoms with Crippen LogP contribution in [-0.2, 0) is 17.6 Å². The van der Waals surface area contributed by atoms with Crippen LogP contribution in [0.25, 0.3) is 10.2 Å². The number of anilines is 1. The van der Waals surface area contributed by atoms with Crippen LogP contribution < -0.4 is 4.90 Å². The third kappa shape index (κ3) is 2.62. The minimum atomic E-state index is 0. The average Bonchev–Trinajstić information content (AvgIpc) is 2.85. The second-order valence-corrected chi connectivity index (χ2v) is 6.91. The summed E-state index contributed by atoms with van der Waals surface area (Å²) in [5.41, 5.74) is 1.52. The first-order valence-electron chi connectivity index (χ1n) is 7.41. The lowest BCUT2D eigenvalue weighted by atomic mass is 9.89. The number of hydrogen-bond donors (Lipinski definition) is 0. The summed E-state index contributed by atoms with van der Waals surface area (Å²) < 4.78 is 5.46. The van der Waals surface area contributed by atoms with Gasteiger partial charge in [-0.1, -0.05) is 6.92 Å². The van der Waals surface area contributed by atoms with Crippen LogP contribution in [0.1, 0.15) is 23.8 Å². The van der Waals surface area contributed by atoms with Crippen molar-refractivity contribution < 1.29 is 4.74 Å². The molecule has 1 aliphatic heterocycles. The monoisotopic (exact) mass is 325 g/mol. The second kappa shape index (κ2) is 6.07. The van der Waals surface area contributed by atoms with E-state index in [2.05, 4.69) is 21.8 Å². The molecule has 1 atom stereocenters. The molecular weight excluding hydrogens is 306 g/mol. The van der Waals surface area contributed by atoms with Crippen LogP contribution in [-0.4, -0.2) is 36.3 Å². The molecule has 1 fully saturated rings. The number of halogens is 1. The van der Waals surface area contributed by atoms with E-state index in [1.165, 1.54) is 39.9 Å². The van der Waals surface area contributed by atoms with Crippen molar-refractivity contribution in [3.63, 3.8) is 0 Å². The fourth-order valence-corrected chi connectivity index (χ4v) is 4.62. The Kier molecular flexibility index (Phi) is 4.33. The minimum Gasteiger partial charge on any atom is -0.378 e. The van der Waals surface area contributed by atoms with E-state index in [1.807, 2.05) is 11.3 Å². The van der Waals surface area contributed by atoms with Crippen molar-refractivity contribution in [1.29, 1.82) is 0 Å². The lowest BCUT2D eigenvalue weighted by Gasteiger charge is -2.28. The summed E-state index contributed by atoms with van der Waals surface area (Å²) >= 11 is 1.87. The molecular formula is C15H20ClN3OS. The Morgan fingerprint density at radius 3 is 2.90 bits per heavy atom. The van der Waals surface area contributed by atoms with Gasteiger partial charge < -0.3 is 9.64 Å². The van der Waals surface area contributed by atoms with E-state index < -0.39 is 0 Å². The number of morpholine rings is 1. The molecule has 0 radical (unpaired) electrons. The number of aryl methyl sites for hydroxylation is 1. The van der Waals surface area contributed by atoms with Crippen LogP contribution in [0.5, 0.6) is 0 Å². The normalized spacial score (nSPS) is 22.0. The van der Waals surface area contributed by atoms with Crippen LogP contribution in [0.2, 0.25) is 0 Å². The Hall–Kier alpha value is -0.910. The van der Waals surface area contributed by atoms with Gasteiger partial charge in [-0.05, 0) is 30.7 Å². The smallest absolute Gasteiger partial charge is 0.141 e. The summed E-state index contributed by atoms with van der Waals surface area (Å²) in [6.07, 6.45) is 5.40. The minimum absolute atomic E-state index is 0. The Morgan fingerprint density at radius 2 is 2.10 bits per heavy atom. The third-order valence-electron chi connectivity index (χ3n) is 4.38. The molecule has 0 spiro atoms. The number of thiophene rings is 1. The van der Waals surface area contributed by atoms with Crippen LogP contribution in [0.15, 0.2) is 6.33 Å². The Labute approximate surface area is 134 Å². The van der Waals surface area contributed by atoms with E-state index in [1.54, 1.807) is 6.33 Å². The van der Waals surface area contributed by atoms with Crippen molar-refractivity contribution in [2.75, 3.05) is 31.2 Å². The average molecular weight is 326 g/mol. The van der Waals surface area contributed by atoms with Gasteiger partial charge in [-0.25, -0.2) is 9.97 Å². The SMILES string of the molecule is CC1CCc2c(sc3ncnc(N4CCOCC4)c23)C1.Cl. The Morgan fingerprint density at radius 1 is 1.29 bits per heavy atom. The second-order valence-electron chi connectivity index (χ2n) is 5.83. The van der Waals surface area contributed by atoms with Gasteiger partial charge in [0.1, 0.15) is 17.0 Å². The Bertz CT molecular complexity index is 639. The lowest BCUT2D eigenvalue weighted by Crippen LogP contribution is -2.37.